The highest BCUT2D eigenvalue weighted by Crippen LogP contribution is 2.22. The Bertz CT molecular complexity index is 493. The van der Waals surface area contributed by atoms with Gasteiger partial charge in [0.2, 0.25) is 5.91 Å². The summed E-state index contributed by atoms with van der Waals surface area (Å²) < 4.78 is 5.29. The van der Waals surface area contributed by atoms with E-state index in [-0.39, 0.29) is 5.91 Å². The van der Waals surface area contributed by atoms with E-state index in [2.05, 4.69) is 17.1 Å². The van der Waals surface area contributed by atoms with Gasteiger partial charge in [-0.25, -0.2) is 0 Å². The molecule has 0 radical (unpaired) electrons. The van der Waals surface area contributed by atoms with Gasteiger partial charge in [0.1, 0.15) is 5.75 Å². The smallest absolute Gasteiger partial charge is 0.234 e. The molecule has 0 saturated carbocycles. The van der Waals surface area contributed by atoms with Crippen LogP contribution >= 0.6 is 0 Å². The summed E-state index contributed by atoms with van der Waals surface area (Å²) in [6, 6.07) is 7.74. The van der Waals surface area contributed by atoms with E-state index < -0.39 is 0 Å². The zero-order valence-corrected chi connectivity index (χ0v) is 13.5. The number of amides is 1. The second kappa shape index (κ2) is 8.15. The van der Waals surface area contributed by atoms with Gasteiger partial charge in [-0.1, -0.05) is 25.1 Å². The SMILES string of the molecule is COc1ccccc1CNC(=O)CN1CCC(C)C(CN)C1. The Labute approximate surface area is 132 Å². The number of likely N-dealkylation sites (tertiary alicyclic amines) is 1. The second-order valence-corrected chi connectivity index (χ2v) is 6.09. The molecule has 0 bridgehead atoms. The molecule has 1 amide bonds. The molecule has 1 aliphatic rings. The summed E-state index contributed by atoms with van der Waals surface area (Å²) in [6.45, 7) is 5.77. The number of nitrogens with one attached hydrogen (secondary N) is 1. The molecule has 0 aromatic heterocycles. The summed E-state index contributed by atoms with van der Waals surface area (Å²) in [5.41, 5.74) is 6.80. The number of hydrogen-bond donors (Lipinski definition) is 2. The van der Waals surface area contributed by atoms with Gasteiger partial charge in [-0.15, -0.1) is 0 Å². The molecule has 3 N–H and O–H groups in total. The number of carbonyl (C=O) groups excluding carboxylic acids is 1. The van der Waals surface area contributed by atoms with Gasteiger partial charge < -0.3 is 15.8 Å². The molecule has 122 valence electrons. The standard InChI is InChI=1S/C17H27N3O2/c1-13-7-8-20(11-15(13)9-18)12-17(21)19-10-14-5-3-4-6-16(14)22-2/h3-6,13,15H,7-12,18H2,1-2H3,(H,19,21). The Kier molecular flexibility index (Phi) is 6.21. The molecule has 2 unspecified atom stereocenters. The molecule has 22 heavy (non-hydrogen) atoms. The number of carbonyl (C=O) groups is 1. The normalized spacial score (nSPS) is 22.3. The van der Waals surface area contributed by atoms with Crippen molar-refractivity contribution < 1.29 is 9.53 Å². The fraction of sp³-hybridized carbons (Fsp3) is 0.588. The van der Waals surface area contributed by atoms with Crippen molar-refractivity contribution in [3.8, 4) is 5.75 Å². The van der Waals surface area contributed by atoms with Crippen LogP contribution in [0.3, 0.4) is 0 Å². The third-order valence-corrected chi connectivity index (χ3v) is 4.54. The number of methoxy groups -OCH3 is 1. The van der Waals surface area contributed by atoms with Crippen LogP contribution in [0.4, 0.5) is 0 Å². The van der Waals surface area contributed by atoms with Crippen LogP contribution in [0.15, 0.2) is 24.3 Å². The first-order chi connectivity index (χ1) is 10.6. The lowest BCUT2D eigenvalue weighted by Gasteiger charge is -2.36. The third-order valence-electron chi connectivity index (χ3n) is 4.54. The summed E-state index contributed by atoms with van der Waals surface area (Å²) in [5.74, 6) is 2.00. The fourth-order valence-electron chi connectivity index (χ4n) is 2.98. The van der Waals surface area contributed by atoms with Gasteiger partial charge in [-0.2, -0.15) is 0 Å². The Balaban J connectivity index is 1.81. The fourth-order valence-corrected chi connectivity index (χ4v) is 2.98. The van der Waals surface area contributed by atoms with E-state index in [0.29, 0.717) is 31.5 Å². The second-order valence-electron chi connectivity index (χ2n) is 6.09. The Hall–Kier alpha value is -1.59. The molecule has 1 saturated heterocycles. The average Bonchev–Trinajstić information content (AvgIpc) is 2.55. The Morgan fingerprint density at radius 3 is 2.95 bits per heavy atom. The third kappa shape index (κ3) is 4.45. The lowest BCUT2D eigenvalue weighted by Crippen LogP contribution is -2.46. The number of ether oxygens (including phenoxy) is 1. The van der Waals surface area contributed by atoms with E-state index in [1.54, 1.807) is 7.11 Å². The quantitative estimate of drug-likeness (QED) is 0.829. The number of nitrogens with zero attached hydrogens (tertiary/aromatic N) is 1. The van der Waals surface area contributed by atoms with Crippen molar-refractivity contribution >= 4 is 5.91 Å². The number of hydrogen-bond acceptors (Lipinski definition) is 4. The highest BCUT2D eigenvalue weighted by molar-refractivity contribution is 5.78. The van der Waals surface area contributed by atoms with E-state index in [9.17, 15) is 4.79 Å². The van der Waals surface area contributed by atoms with Crippen LogP contribution in [0.1, 0.15) is 18.9 Å². The van der Waals surface area contributed by atoms with Crippen LogP contribution in [-0.4, -0.2) is 44.1 Å². The lowest BCUT2D eigenvalue weighted by atomic mass is 9.87. The number of rotatable bonds is 6. The molecule has 1 aromatic carbocycles. The molecule has 0 spiro atoms. The van der Waals surface area contributed by atoms with Crippen LogP contribution in [0.25, 0.3) is 0 Å². The minimum absolute atomic E-state index is 0.0521. The average molecular weight is 305 g/mol. The van der Waals surface area contributed by atoms with Gasteiger partial charge in [0.25, 0.3) is 0 Å². The minimum Gasteiger partial charge on any atom is -0.496 e. The zero-order valence-electron chi connectivity index (χ0n) is 13.5. The molecular formula is C17H27N3O2. The highest BCUT2D eigenvalue weighted by atomic mass is 16.5. The predicted octanol–water partition coefficient (Wildman–Crippen LogP) is 1.23. The van der Waals surface area contributed by atoms with Crippen molar-refractivity contribution in [2.75, 3.05) is 33.3 Å². The van der Waals surface area contributed by atoms with Gasteiger partial charge in [-0.05, 0) is 37.4 Å². The molecule has 1 fully saturated rings. The van der Waals surface area contributed by atoms with Gasteiger partial charge >= 0.3 is 0 Å². The molecule has 1 aromatic rings. The van der Waals surface area contributed by atoms with Crippen LogP contribution in [0, 0.1) is 11.8 Å². The molecule has 2 atom stereocenters. The van der Waals surface area contributed by atoms with Crippen LogP contribution in [-0.2, 0) is 11.3 Å². The van der Waals surface area contributed by atoms with Crippen molar-refractivity contribution in [3.05, 3.63) is 29.8 Å². The van der Waals surface area contributed by atoms with E-state index in [4.69, 9.17) is 10.5 Å². The van der Waals surface area contributed by atoms with Gasteiger partial charge in [0.15, 0.2) is 0 Å². The minimum atomic E-state index is 0.0521. The van der Waals surface area contributed by atoms with Crippen LogP contribution in [0.5, 0.6) is 5.75 Å². The first-order valence-corrected chi connectivity index (χ1v) is 7.95. The summed E-state index contributed by atoms with van der Waals surface area (Å²) in [4.78, 5) is 14.3. The maximum atomic E-state index is 12.1. The predicted molar refractivity (Wildman–Crippen MR) is 87.6 cm³/mol. The monoisotopic (exact) mass is 305 g/mol. The number of benzene rings is 1. The highest BCUT2D eigenvalue weighted by Gasteiger charge is 2.26. The number of para-hydroxylation sites is 1. The first kappa shape index (κ1) is 16.8. The Morgan fingerprint density at radius 1 is 1.45 bits per heavy atom. The molecule has 5 nitrogen and oxygen atoms in total. The Morgan fingerprint density at radius 2 is 2.23 bits per heavy atom. The van der Waals surface area contributed by atoms with E-state index in [1.165, 1.54) is 0 Å². The summed E-state index contributed by atoms with van der Waals surface area (Å²) >= 11 is 0. The van der Waals surface area contributed by atoms with Crippen molar-refractivity contribution in [1.29, 1.82) is 0 Å². The van der Waals surface area contributed by atoms with E-state index in [0.717, 1.165) is 30.8 Å². The summed E-state index contributed by atoms with van der Waals surface area (Å²) in [6.07, 6.45) is 1.11. The topological polar surface area (TPSA) is 67.6 Å². The summed E-state index contributed by atoms with van der Waals surface area (Å²) in [7, 11) is 1.64. The van der Waals surface area contributed by atoms with Crippen molar-refractivity contribution in [3.63, 3.8) is 0 Å². The van der Waals surface area contributed by atoms with Crippen LogP contribution in [0.2, 0.25) is 0 Å². The molecule has 1 aliphatic heterocycles. The van der Waals surface area contributed by atoms with E-state index >= 15 is 0 Å². The number of piperidine rings is 1. The molecular weight excluding hydrogens is 278 g/mol. The maximum Gasteiger partial charge on any atom is 0.234 e. The maximum absolute atomic E-state index is 12.1. The van der Waals surface area contributed by atoms with Gasteiger partial charge in [0, 0.05) is 18.7 Å². The molecule has 2 rings (SSSR count). The molecule has 5 heteroatoms. The zero-order chi connectivity index (χ0) is 15.9. The van der Waals surface area contributed by atoms with Crippen molar-refractivity contribution in [1.82, 2.24) is 10.2 Å². The van der Waals surface area contributed by atoms with Crippen molar-refractivity contribution in [2.24, 2.45) is 17.6 Å². The van der Waals surface area contributed by atoms with E-state index in [1.807, 2.05) is 24.3 Å². The molecule has 1 heterocycles. The largest absolute Gasteiger partial charge is 0.496 e. The summed E-state index contributed by atoms with van der Waals surface area (Å²) in [5, 5.41) is 2.97. The molecule has 0 aliphatic carbocycles. The van der Waals surface area contributed by atoms with Gasteiger partial charge in [-0.3, -0.25) is 9.69 Å². The number of nitrogens with two attached hydrogens (primary N) is 1. The first-order valence-electron chi connectivity index (χ1n) is 7.95. The lowest BCUT2D eigenvalue weighted by molar-refractivity contribution is -0.123. The van der Waals surface area contributed by atoms with Crippen molar-refractivity contribution in [2.45, 2.75) is 19.9 Å². The van der Waals surface area contributed by atoms with Crippen LogP contribution < -0.4 is 15.8 Å². The van der Waals surface area contributed by atoms with Gasteiger partial charge in [0.05, 0.1) is 13.7 Å².